The molecule has 1 aromatic heterocycles. The molecule has 2 aromatic carbocycles. The second-order valence-corrected chi connectivity index (χ2v) is 9.06. The van der Waals surface area contributed by atoms with Crippen LogP contribution in [0.1, 0.15) is 44.4 Å². The molecule has 8 heteroatoms. The zero-order chi connectivity index (χ0) is 23.0. The number of aromatic carboxylic acids is 1. The van der Waals surface area contributed by atoms with Gasteiger partial charge < -0.3 is 14.5 Å². The Morgan fingerprint density at radius 3 is 2.64 bits per heavy atom. The summed E-state index contributed by atoms with van der Waals surface area (Å²) in [7, 11) is 0. The van der Waals surface area contributed by atoms with Crippen LogP contribution in [0, 0.1) is 12.8 Å². The van der Waals surface area contributed by atoms with Crippen LogP contribution in [0.3, 0.4) is 0 Å². The monoisotopic (exact) mass is 446 g/mol. The highest BCUT2D eigenvalue weighted by atomic mass is 16.5. The van der Waals surface area contributed by atoms with E-state index in [-0.39, 0.29) is 17.4 Å². The Morgan fingerprint density at radius 1 is 1.12 bits per heavy atom. The molecule has 2 saturated heterocycles. The molecule has 2 fully saturated rings. The quantitative estimate of drug-likeness (QED) is 0.643. The van der Waals surface area contributed by atoms with Crippen molar-refractivity contribution in [3.8, 4) is 0 Å². The summed E-state index contributed by atoms with van der Waals surface area (Å²) >= 11 is 0. The number of carbonyl (C=O) groups excluding carboxylic acids is 1. The first-order valence-electron chi connectivity index (χ1n) is 11.1. The van der Waals surface area contributed by atoms with E-state index in [4.69, 9.17) is 4.52 Å². The highest BCUT2D eigenvalue weighted by molar-refractivity contribution is 5.94. The molecule has 5 rings (SSSR count). The first kappa shape index (κ1) is 21.3. The Bertz CT molecular complexity index is 1180. The number of aromatic nitrogens is 2. The molecule has 0 unspecified atom stereocenters. The van der Waals surface area contributed by atoms with Crippen LogP contribution in [0.25, 0.3) is 0 Å². The largest absolute Gasteiger partial charge is 0.478 e. The van der Waals surface area contributed by atoms with Crippen molar-refractivity contribution in [1.82, 2.24) is 19.9 Å². The van der Waals surface area contributed by atoms with Gasteiger partial charge in [0.1, 0.15) is 0 Å². The summed E-state index contributed by atoms with van der Waals surface area (Å²) < 4.78 is 5.69. The van der Waals surface area contributed by atoms with E-state index in [1.807, 2.05) is 41.3 Å². The third-order valence-corrected chi connectivity index (χ3v) is 6.83. The van der Waals surface area contributed by atoms with Crippen LogP contribution < -0.4 is 0 Å². The van der Waals surface area contributed by atoms with E-state index in [9.17, 15) is 14.7 Å². The van der Waals surface area contributed by atoms with Gasteiger partial charge in [-0.25, -0.2) is 4.79 Å². The van der Waals surface area contributed by atoms with Crippen molar-refractivity contribution in [1.29, 1.82) is 0 Å². The fourth-order valence-corrected chi connectivity index (χ4v) is 5.28. The number of hydrogen-bond donors (Lipinski definition) is 1. The van der Waals surface area contributed by atoms with Crippen molar-refractivity contribution in [2.24, 2.45) is 5.92 Å². The number of aryl methyl sites for hydroxylation is 1. The molecule has 0 bridgehead atoms. The van der Waals surface area contributed by atoms with Gasteiger partial charge in [0.05, 0.1) is 11.0 Å². The number of carboxylic acid groups (broad SMARTS) is 1. The lowest BCUT2D eigenvalue weighted by molar-refractivity contribution is 0.0536. The molecule has 0 spiro atoms. The maximum Gasteiger partial charge on any atom is 0.335 e. The van der Waals surface area contributed by atoms with Crippen LogP contribution >= 0.6 is 0 Å². The van der Waals surface area contributed by atoms with Crippen molar-refractivity contribution >= 4 is 11.9 Å². The molecular formula is C25H26N4O4. The van der Waals surface area contributed by atoms with Gasteiger partial charge in [0.2, 0.25) is 5.89 Å². The van der Waals surface area contributed by atoms with Gasteiger partial charge in [0, 0.05) is 38.3 Å². The minimum Gasteiger partial charge on any atom is -0.478 e. The minimum absolute atomic E-state index is 0.0114. The fourth-order valence-electron chi connectivity index (χ4n) is 5.28. The highest BCUT2D eigenvalue weighted by Crippen LogP contribution is 2.44. The molecule has 170 valence electrons. The molecule has 8 nitrogen and oxygen atoms in total. The van der Waals surface area contributed by atoms with E-state index < -0.39 is 11.4 Å². The zero-order valence-corrected chi connectivity index (χ0v) is 18.5. The van der Waals surface area contributed by atoms with Crippen LogP contribution in [0.2, 0.25) is 0 Å². The topological polar surface area (TPSA) is 99.8 Å². The maximum atomic E-state index is 13.2. The lowest BCUT2D eigenvalue weighted by Crippen LogP contribution is -2.53. The van der Waals surface area contributed by atoms with Crippen LogP contribution in [0.5, 0.6) is 0 Å². The number of piperidine rings is 1. The Labute approximate surface area is 191 Å². The van der Waals surface area contributed by atoms with Crippen molar-refractivity contribution in [2.45, 2.75) is 25.3 Å². The fraction of sp³-hybridized carbons (Fsp3) is 0.360. The Balaban J connectivity index is 1.42. The molecule has 0 saturated carbocycles. The molecule has 2 atom stereocenters. The molecule has 2 aliphatic heterocycles. The SMILES string of the molecule is Cc1noc([C@@]23CN(Cc4cccc(C(=O)O)c4)C[C@@H]2CCN(C(=O)c2ccccc2)C3)n1. The first-order chi connectivity index (χ1) is 15.9. The normalized spacial score (nSPS) is 22.8. The number of rotatable bonds is 5. The van der Waals surface area contributed by atoms with Crippen molar-refractivity contribution in [3.05, 3.63) is 83.0 Å². The number of carboxylic acids is 1. The van der Waals surface area contributed by atoms with Gasteiger partial charge in [-0.2, -0.15) is 4.98 Å². The number of likely N-dealkylation sites (tertiary alicyclic amines) is 2. The van der Waals surface area contributed by atoms with Crippen molar-refractivity contribution in [2.75, 3.05) is 26.2 Å². The Kier molecular flexibility index (Phi) is 5.46. The van der Waals surface area contributed by atoms with E-state index in [1.54, 1.807) is 25.1 Å². The molecule has 3 aromatic rings. The smallest absolute Gasteiger partial charge is 0.335 e. The molecule has 33 heavy (non-hydrogen) atoms. The maximum absolute atomic E-state index is 13.2. The molecule has 0 radical (unpaired) electrons. The number of fused-ring (bicyclic) bond motifs is 1. The van der Waals surface area contributed by atoms with E-state index in [1.165, 1.54) is 0 Å². The predicted octanol–water partition coefficient (Wildman–Crippen LogP) is 2.99. The number of hydrogen-bond acceptors (Lipinski definition) is 6. The van der Waals surface area contributed by atoms with E-state index >= 15 is 0 Å². The molecule has 3 heterocycles. The van der Waals surface area contributed by atoms with Crippen LogP contribution in [0.15, 0.2) is 59.1 Å². The standard InChI is InChI=1S/C25H26N4O4/c1-17-26-24(33-27-17)25-15-28(13-18-6-5-9-20(12-18)23(31)32)14-21(25)10-11-29(16-25)22(30)19-7-3-2-4-8-19/h2-9,12,21H,10-11,13-16H2,1H3,(H,31,32)/t21-,25+/m0/s1. The zero-order valence-electron chi connectivity index (χ0n) is 18.5. The summed E-state index contributed by atoms with van der Waals surface area (Å²) in [6.07, 6.45) is 0.839. The molecule has 1 amide bonds. The van der Waals surface area contributed by atoms with Crippen LogP contribution in [0.4, 0.5) is 0 Å². The molecule has 1 N–H and O–H groups in total. The Hall–Kier alpha value is -3.52. The number of amides is 1. The lowest BCUT2D eigenvalue weighted by Gasteiger charge is -2.41. The Morgan fingerprint density at radius 2 is 1.91 bits per heavy atom. The average molecular weight is 447 g/mol. The van der Waals surface area contributed by atoms with Crippen molar-refractivity contribution in [3.63, 3.8) is 0 Å². The van der Waals surface area contributed by atoms with E-state index in [2.05, 4.69) is 15.0 Å². The van der Waals surface area contributed by atoms with Gasteiger partial charge in [-0.3, -0.25) is 9.69 Å². The van der Waals surface area contributed by atoms with Crippen LogP contribution in [-0.4, -0.2) is 63.1 Å². The summed E-state index contributed by atoms with van der Waals surface area (Å²) in [5.41, 5.74) is 1.45. The van der Waals surface area contributed by atoms with E-state index in [0.29, 0.717) is 43.5 Å². The van der Waals surface area contributed by atoms with Gasteiger partial charge >= 0.3 is 5.97 Å². The molecule has 2 aliphatic rings. The predicted molar refractivity (Wildman–Crippen MR) is 120 cm³/mol. The van der Waals surface area contributed by atoms with Gasteiger partial charge in [-0.1, -0.05) is 35.5 Å². The third kappa shape index (κ3) is 4.02. The van der Waals surface area contributed by atoms with Gasteiger partial charge in [-0.15, -0.1) is 0 Å². The summed E-state index contributed by atoms with van der Waals surface area (Å²) in [5, 5.41) is 13.4. The third-order valence-electron chi connectivity index (χ3n) is 6.83. The van der Waals surface area contributed by atoms with Crippen molar-refractivity contribution < 1.29 is 19.2 Å². The summed E-state index contributed by atoms with van der Waals surface area (Å²) in [6.45, 7) is 5.10. The minimum atomic E-state index is -0.931. The summed E-state index contributed by atoms with van der Waals surface area (Å²) in [6, 6.07) is 16.4. The van der Waals surface area contributed by atoms with Gasteiger partial charge in [-0.05, 0) is 49.1 Å². The molecule has 0 aliphatic carbocycles. The second-order valence-electron chi connectivity index (χ2n) is 9.06. The van der Waals surface area contributed by atoms with Gasteiger partial charge in [0.15, 0.2) is 5.82 Å². The highest BCUT2D eigenvalue weighted by Gasteiger charge is 2.55. The van der Waals surface area contributed by atoms with E-state index in [0.717, 1.165) is 18.5 Å². The average Bonchev–Trinajstić information content (AvgIpc) is 3.42. The number of carbonyl (C=O) groups is 2. The van der Waals surface area contributed by atoms with Crippen LogP contribution in [-0.2, 0) is 12.0 Å². The second kappa shape index (κ2) is 8.44. The first-order valence-corrected chi connectivity index (χ1v) is 11.1. The molecular weight excluding hydrogens is 420 g/mol. The summed E-state index contributed by atoms with van der Waals surface area (Å²) in [5.74, 6) is 0.506. The lowest BCUT2D eigenvalue weighted by atomic mass is 9.73. The number of nitrogens with zero attached hydrogens (tertiary/aromatic N) is 4. The van der Waals surface area contributed by atoms with Gasteiger partial charge in [0.25, 0.3) is 5.91 Å². The number of benzene rings is 2. The summed E-state index contributed by atoms with van der Waals surface area (Å²) in [4.78, 5) is 33.4.